The number of nitriles is 1. The monoisotopic (exact) mass is 508 g/mol. The van der Waals surface area contributed by atoms with Gasteiger partial charge >= 0.3 is 11.9 Å². The van der Waals surface area contributed by atoms with Crippen LogP contribution in [0.3, 0.4) is 0 Å². The van der Waals surface area contributed by atoms with E-state index in [-0.39, 0.29) is 5.91 Å². The number of carbonyl (C=O) groups is 3. The van der Waals surface area contributed by atoms with Gasteiger partial charge in [0.25, 0.3) is 0 Å². The van der Waals surface area contributed by atoms with E-state index in [1.165, 1.54) is 5.69 Å². The number of nitrogens with one attached hydrogen (secondary N) is 1. The zero-order valence-corrected chi connectivity index (χ0v) is 20.8. The lowest BCUT2D eigenvalue weighted by Crippen LogP contribution is -2.46. The minimum absolute atomic E-state index is 0.0882. The molecule has 37 heavy (non-hydrogen) atoms. The summed E-state index contributed by atoms with van der Waals surface area (Å²) >= 11 is 0. The van der Waals surface area contributed by atoms with Crippen LogP contribution in [0.4, 0.5) is 5.69 Å². The molecule has 1 amide bonds. The maximum Gasteiger partial charge on any atom is 0.414 e. The minimum atomic E-state index is -1.82. The van der Waals surface area contributed by atoms with Gasteiger partial charge in [0.05, 0.1) is 24.4 Å². The van der Waals surface area contributed by atoms with E-state index in [9.17, 15) is 4.79 Å². The van der Waals surface area contributed by atoms with Gasteiger partial charge < -0.3 is 25.2 Å². The zero-order chi connectivity index (χ0) is 27.0. The molecule has 0 aliphatic carbocycles. The Bertz CT molecular complexity index is 1090. The lowest BCUT2D eigenvalue weighted by Gasteiger charge is -2.36. The topological polar surface area (TPSA) is 143 Å². The third kappa shape index (κ3) is 10.4. The molecule has 1 saturated heterocycles. The van der Waals surface area contributed by atoms with Gasteiger partial charge in [-0.05, 0) is 55.3 Å². The summed E-state index contributed by atoms with van der Waals surface area (Å²) in [5, 5.41) is 26.5. The Hall–Kier alpha value is -4.36. The Morgan fingerprint density at radius 2 is 1.65 bits per heavy atom. The molecule has 1 heterocycles. The molecule has 196 valence electrons. The summed E-state index contributed by atoms with van der Waals surface area (Å²) in [5.74, 6) is -2.81. The van der Waals surface area contributed by atoms with Crippen LogP contribution in [0.25, 0.3) is 6.08 Å². The van der Waals surface area contributed by atoms with Crippen molar-refractivity contribution in [3.8, 4) is 11.8 Å². The summed E-state index contributed by atoms with van der Waals surface area (Å²) in [6.07, 6.45) is 5.33. The predicted octanol–water partition coefficient (Wildman–Crippen LogP) is 2.45. The fourth-order valence-corrected chi connectivity index (χ4v) is 3.68. The van der Waals surface area contributed by atoms with Gasteiger partial charge in [-0.2, -0.15) is 5.26 Å². The molecule has 1 aliphatic heterocycles. The van der Waals surface area contributed by atoms with E-state index in [4.69, 9.17) is 29.8 Å². The second-order valence-electron chi connectivity index (χ2n) is 8.18. The fourth-order valence-electron chi connectivity index (χ4n) is 3.68. The van der Waals surface area contributed by atoms with Crippen LogP contribution >= 0.6 is 0 Å². The second kappa shape index (κ2) is 15.6. The highest BCUT2D eigenvalue weighted by atomic mass is 16.5. The smallest absolute Gasteiger partial charge is 0.414 e. The van der Waals surface area contributed by atoms with Crippen molar-refractivity contribution in [3.05, 3.63) is 65.7 Å². The number of para-hydroxylation sites is 2. The fraction of sp³-hybridized carbons (Fsp3) is 0.333. The number of benzene rings is 2. The quantitative estimate of drug-likeness (QED) is 0.264. The van der Waals surface area contributed by atoms with E-state index in [2.05, 4.69) is 33.3 Å². The zero-order valence-electron chi connectivity index (χ0n) is 20.8. The van der Waals surface area contributed by atoms with Crippen LogP contribution < -0.4 is 15.0 Å². The molecule has 0 spiro atoms. The van der Waals surface area contributed by atoms with Crippen molar-refractivity contribution in [1.29, 1.82) is 5.26 Å². The first kappa shape index (κ1) is 28.9. The van der Waals surface area contributed by atoms with Crippen molar-refractivity contribution in [2.45, 2.75) is 12.8 Å². The van der Waals surface area contributed by atoms with E-state index in [1.54, 1.807) is 31.4 Å². The van der Waals surface area contributed by atoms with E-state index in [0.717, 1.165) is 56.9 Å². The molecule has 0 aromatic heterocycles. The van der Waals surface area contributed by atoms with Crippen LogP contribution in [0.15, 0.2) is 54.6 Å². The lowest BCUT2D eigenvalue weighted by atomic mass is 10.1. The Labute approximate surface area is 216 Å². The van der Waals surface area contributed by atoms with Gasteiger partial charge in [-0.1, -0.05) is 24.3 Å². The lowest BCUT2D eigenvalue weighted by molar-refractivity contribution is -0.159. The van der Waals surface area contributed by atoms with Gasteiger partial charge in [-0.3, -0.25) is 9.69 Å². The molecule has 10 nitrogen and oxygen atoms in total. The van der Waals surface area contributed by atoms with Crippen molar-refractivity contribution >= 4 is 29.6 Å². The number of carboxylic acid groups (broad SMARTS) is 2. The molecular weight excluding hydrogens is 476 g/mol. The first-order chi connectivity index (χ1) is 17.8. The summed E-state index contributed by atoms with van der Waals surface area (Å²) in [4.78, 5) is 35.0. The van der Waals surface area contributed by atoms with Crippen LogP contribution in [0, 0.1) is 11.3 Å². The van der Waals surface area contributed by atoms with Crippen LogP contribution in [0.2, 0.25) is 0 Å². The number of hydrogen-bond donors (Lipinski definition) is 3. The number of carbonyl (C=O) groups excluding carboxylic acids is 1. The predicted molar refractivity (Wildman–Crippen MR) is 139 cm³/mol. The van der Waals surface area contributed by atoms with Gasteiger partial charge in [-0.15, -0.1) is 0 Å². The Kier molecular flexibility index (Phi) is 12.2. The van der Waals surface area contributed by atoms with Crippen molar-refractivity contribution < 1.29 is 29.3 Å². The summed E-state index contributed by atoms with van der Waals surface area (Å²) in [5.41, 5.74) is 2.69. The second-order valence-corrected chi connectivity index (χ2v) is 8.18. The van der Waals surface area contributed by atoms with Crippen molar-refractivity contribution in [2.24, 2.45) is 0 Å². The van der Waals surface area contributed by atoms with E-state index < -0.39 is 11.9 Å². The highest BCUT2D eigenvalue weighted by Crippen LogP contribution is 2.28. The number of nitrogens with zero attached hydrogens (tertiary/aromatic N) is 3. The summed E-state index contributed by atoms with van der Waals surface area (Å²) in [7, 11) is 1.72. The standard InChI is InChI=1S/C25H30N4O2.C2H2O4/c1-31-24-7-3-2-6-23(24)29-18-16-28(17-19-29)15-5-4-14-27-25(30)13-12-21-8-10-22(20-26)11-9-21;3-1(4)2(5)6/h2-3,6-13H,4-5,14-19H2,1H3,(H,27,30);(H,3,4)(H,5,6)/b13-12+;. The molecule has 3 rings (SSSR count). The number of piperazine rings is 1. The molecule has 10 heteroatoms. The number of rotatable bonds is 9. The maximum absolute atomic E-state index is 12.0. The Balaban J connectivity index is 0.000000717. The average molecular weight is 509 g/mol. The van der Waals surface area contributed by atoms with Gasteiger partial charge in [-0.25, -0.2) is 9.59 Å². The third-order valence-electron chi connectivity index (χ3n) is 5.65. The third-order valence-corrected chi connectivity index (χ3v) is 5.65. The minimum Gasteiger partial charge on any atom is -0.495 e. The summed E-state index contributed by atoms with van der Waals surface area (Å²) in [6, 6.07) is 17.4. The number of hydrogen-bond acceptors (Lipinski definition) is 7. The van der Waals surface area contributed by atoms with Crippen LogP contribution in [0.5, 0.6) is 5.75 Å². The number of ether oxygens (including phenoxy) is 1. The molecule has 1 fully saturated rings. The number of anilines is 1. The number of aliphatic carboxylic acids is 2. The van der Waals surface area contributed by atoms with Gasteiger partial charge in [0.2, 0.25) is 5.91 Å². The highest BCUT2D eigenvalue weighted by molar-refractivity contribution is 6.27. The number of methoxy groups -OCH3 is 1. The molecular formula is C27H32N4O6. The molecule has 0 radical (unpaired) electrons. The molecule has 2 aromatic rings. The molecule has 3 N–H and O–H groups in total. The van der Waals surface area contributed by atoms with Crippen molar-refractivity contribution in [3.63, 3.8) is 0 Å². The number of carboxylic acids is 2. The van der Waals surface area contributed by atoms with Gasteiger partial charge in [0.15, 0.2) is 0 Å². The normalized spacial score (nSPS) is 13.2. The molecule has 1 aliphatic rings. The molecule has 0 saturated carbocycles. The first-order valence-corrected chi connectivity index (χ1v) is 11.9. The first-order valence-electron chi connectivity index (χ1n) is 11.9. The average Bonchev–Trinajstić information content (AvgIpc) is 2.92. The van der Waals surface area contributed by atoms with E-state index in [0.29, 0.717) is 12.1 Å². The molecule has 0 unspecified atom stereocenters. The van der Waals surface area contributed by atoms with Crippen molar-refractivity contribution in [1.82, 2.24) is 10.2 Å². The van der Waals surface area contributed by atoms with Crippen LogP contribution in [-0.2, 0) is 14.4 Å². The SMILES string of the molecule is COc1ccccc1N1CCN(CCCCNC(=O)/C=C/c2ccc(C#N)cc2)CC1.O=C(O)C(=O)O. The van der Waals surface area contributed by atoms with Crippen LogP contribution in [-0.4, -0.2) is 79.3 Å². The largest absolute Gasteiger partial charge is 0.495 e. The highest BCUT2D eigenvalue weighted by Gasteiger charge is 2.19. The molecule has 0 atom stereocenters. The maximum atomic E-state index is 12.0. The Morgan fingerprint density at radius 1 is 1.00 bits per heavy atom. The van der Waals surface area contributed by atoms with Gasteiger partial charge in [0.1, 0.15) is 5.75 Å². The van der Waals surface area contributed by atoms with E-state index in [1.807, 2.05) is 24.3 Å². The van der Waals surface area contributed by atoms with Gasteiger partial charge in [0, 0.05) is 38.8 Å². The van der Waals surface area contributed by atoms with Crippen molar-refractivity contribution in [2.75, 3.05) is 51.3 Å². The van der Waals surface area contributed by atoms with E-state index >= 15 is 0 Å². The summed E-state index contributed by atoms with van der Waals surface area (Å²) in [6.45, 7) is 5.80. The number of unbranched alkanes of at least 4 members (excludes halogenated alkanes) is 1. The Morgan fingerprint density at radius 3 is 2.24 bits per heavy atom. The summed E-state index contributed by atoms with van der Waals surface area (Å²) < 4.78 is 5.48. The molecule has 0 bridgehead atoms. The number of amides is 1. The molecule has 2 aromatic carbocycles. The van der Waals surface area contributed by atoms with Crippen LogP contribution in [0.1, 0.15) is 24.0 Å².